The van der Waals surface area contributed by atoms with Crippen molar-refractivity contribution in [2.75, 3.05) is 37.5 Å². The first-order valence-corrected chi connectivity index (χ1v) is 8.08. The molecule has 5 nitrogen and oxygen atoms in total. The summed E-state index contributed by atoms with van der Waals surface area (Å²) < 4.78 is 11.0. The number of carbonyl (C=O) groups is 1. The Labute approximate surface area is 150 Å². The van der Waals surface area contributed by atoms with Gasteiger partial charge < -0.3 is 19.7 Å². The standard InChI is InChI=1S/C17H16Cl2N2O3/c1-21(2)14-4-3-11(18)9-13(14)20-17(22)10-7-12(19)16-15(8-10)23-5-6-24-16/h3-4,7-9H,5-6H2,1-2H3,(H,20,22). The second kappa shape index (κ2) is 6.79. The van der Waals surface area contributed by atoms with E-state index in [0.29, 0.717) is 46.0 Å². The molecule has 0 saturated carbocycles. The van der Waals surface area contributed by atoms with E-state index in [1.807, 2.05) is 25.1 Å². The summed E-state index contributed by atoms with van der Waals surface area (Å²) in [6.45, 7) is 0.862. The van der Waals surface area contributed by atoms with Crippen LogP contribution in [0, 0.1) is 0 Å². The van der Waals surface area contributed by atoms with E-state index in [2.05, 4.69) is 5.32 Å². The lowest BCUT2D eigenvalue weighted by Crippen LogP contribution is -2.19. The van der Waals surface area contributed by atoms with E-state index in [9.17, 15) is 4.79 Å². The summed E-state index contributed by atoms with van der Waals surface area (Å²) in [5.74, 6) is 0.633. The SMILES string of the molecule is CN(C)c1ccc(Cl)cc1NC(=O)c1cc(Cl)c2c(c1)OCCO2. The summed E-state index contributed by atoms with van der Waals surface area (Å²) >= 11 is 12.2. The first-order chi connectivity index (χ1) is 11.5. The number of carbonyl (C=O) groups excluding carboxylic acids is 1. The topological polar surface area (TPSA) is 50.8 Å². The van der Waals surface area contributed by atoms with Crippen LogP contribution in [0.15, 0.2) is 30.3 Å². The van der Waals surface area contributed by atoms with E-state index in [1.165, 1.54) is 0 Å². The normalized spacial score (nSPS) is 12.7. The fourth-order valence-corrected chi connectivity index (χ4v) is 2.87. The Morgan fingerprint density at radius 1 is 1.12 bits per heavy atom. The molecule has 0 atom stereocenters. The zero-order valence-electron chi connectivity index (χ0n) is 13.2. The van der Waals surface area contributed by atoms with Crippen molar-refractivity contribution in [2.24, 2.45) is 0 Å². The van der Waals surface area contributed by atoms with Gasteiger partial charge in [-0.2, -0.15) is 0 Å². The van der Waals surface area contributed by atoms with Gasteiger partial charge in [-0.3, -0.25) is 4.79 Å². The number of halogens is 2. The molecule has 7 heteroatoms. The van der Waals surface area contributed by atoms with E-state index in [0.717, 1.165) is 5.69 Å². The quantitative estimate of drug-likeness (QED) is 0.888. The van der Waals surface area contributed by atoms with Gasteiger partial charge in [0.1, 0.15) is 13.2 Å². The van der Waals surface area contributed by atoms with Crippen LogP contribution in [0.4, 0.5) is 11.4 Å². The Hall–Kier alpha value is -2.11. The molecule has 24 heavy (non-hydrogen) atoms. The van der Waals surface area contributed by atoms with Crippen LogP contribution >= 0.6 is 23.2 Å². The molecule has 0 saturated heterocycles. The molecule has 0 radical (unpaired) electrons. The van der Waals surface area contributed by atoms with Crippen molar-refractivity contribution in [3.05, 3.63) is 45.9 Å². The molecule has 1 aliphatic rings. The molecule has 1 N–H and O–H groups in total. The number of benzene rings is 2. The number of hydrogen-bond donors (Lipinski definition) is 1. The predicted molar refractivity (Wildman–Crippen MR) is 96.2 cm³/mol. The van der Waals surface area contributed by atoms with Gasteiger partial charge in [-0.05, 0) is 30.3 Å². The van der Waals surface area contributed by atoms with Crippen LogP contribution in [0.2, 0.25) is 10.0 Å². The van der Waals surface area contributed by atoms with Gasteiger partial charge in [-0.1, -0.05) is 23.2 Å². The van der Waals surface area contributed by atoms with Crippen molar-refractivity contribution in [1.29, 1.82) is 0 Å². The molecular formula is C17H16Cl2N2O3. The molecular weight excluding hydrogens is 351 g/mol. The highest BCUT2D eigenvalue weighted by atomic mass is 35.5. The molecule has 3 rings (SSSR count). The van der Waals surface area contributed by atoms with Crippen LogP contribution in [-0.4, -0.2) is 33.2 Å². The van der Waals surface area contributed by atoms with E-state index in [4.69, 9.17) is 32.7 Å². The fraction of sp³-hybridized carbons (Fsp3) is 0.235. The minimum atomic E-state index is -0.306. The number of nitrogens with zero attached hydrogens (tertiary/aromatic N) is 1. The maximum Gasteiger partial charge on any atom is 0.255 e. The predicted octanol–water partition coefficient (Wildman–Crippen LogP) is 4.08. The van der Waals surface area contributed by atoms with Crippen molar-refractivity contribution in [1.82, 2.24) is 0 Å². The smallest absolute Gasteiger partial charge is 0.255 e. The molecule has 0 unspecified atom stereocenters. The Kier molecular flexibility index (Phi) is 4.73. The number of ether oxygens (including phenoxy) is 2. The summed E-state index contributed by atoms with van der Waals surface area (Å²) in [6.07, 6.45) is 0. The lowest BCUT2D eigenvalue weighted by atomic mass is 10.1. The van der Waals surface area contributed by atoms with Crippen LogP contribution in [0.3, 0.4) is 0 Å². The number of amides is 1. The lowest BCUT2D eigenvalue weighted by Gasteiger charge is -2.21. The van der Waals surface area contributed by atoms with E-state index in [-0.39, 0.29) is 5.91 Å². The van der Waals surface area contributed by atoms with Crippen molar-refractivity contribution in [2.45, 2.75) is 0 Å². The van der Waals surface area contributed by atoms with Crippen molar-refractivity contribution in [3.63, 3.8) is 0 Å². The third-order valence-electron chi connectivity index (χ3n) is 3.55. The minimum Gasteiger partial charge on any atom is -0.486 e. The zero-order chi connectivity index (χ0) is 17.3. The zero-order valence-corrected chi connectivity index (χ0v) is 14.7. The average Bonchev–Trinajstić information content (AvgIpc) is 2.54. The van der Waals surface area contributed by atoms with Gasteiger partial charge in [0.05, 0.1) is 16.4 Å². The maximum absolute atomic E-state index is 12.6. The molecule has 126 valence electrons. The molecule has 1 aliphatic heterocycles. The van der Waals surface area contributed by atoms with Crippen molar-refractivity contribution in [3.8, 4) is 11.5 Å². The van der Waals surface area contributed by atoms with Gasteiger partial charge in [0, 0.05) is 24.7 Å². The highest BCUT2D eigenvalue weighted by Crippen LogP contribution is 2.38. The molecule has 0 bridgehead atoms. The number of anilines is 2. The van der Waals surface area contributed by atoms with Crippen LogP contribution in [-0.2, 0) is 0 Å². The fourth-order valence-electron chi connectivity index (χ4n) is 2.43. The molecule has 0 spiro atoms. The average molecular weight is 367 g/mol. The Balaban J connectivity index is 1.91. The molecule has 0 fully saturated rings. The first kappa shape index (κ1) is 16.7. The largest absolute Gasteiger partial charge is 0.486 e. The number of nitrogens with one attached hydrogen (secondary N) is 1. The molecule has 1 amide bonds. The number of hydrogen-bond acceptors (Lipinski definition) is 4. The van der Waals surface area contributed by atoms with Gasteiger partial charge in [-0.25, -0.2) is 0 Å². The van der Waals surface area contributed by atoms with Gasteiger partial charge in [0.25, 0.3) is 5.91 Å². The summed E-state index contributed by atoms with van der Waals surface area (Å²) in [5.41, 5.74) is 1.84. The monoisotopic (exact) mass is 366 g/mol. The molecule has 0 aromatic heterocycles. The van der Waals surface area contributed by atoms with Crippen molar-refractivity contribution < 1.29 is 14.3 Å². The van der Waals surface area contributed by atoms with Gasteiger partial charge in [0.2, 0.25) is 0 Å². The van der Waals surface area contributed by atoms with Crippen molar-refractivity contribution >= 4 is 40.5 Å². The second-order valence-corrected chi connectivity index (χ2v) is 6.34. The second-order valence-electron chi connectivity index (χ2n) is 5.49. The molecule has 1 heterocycles. The highest BCUT2D eigenvalue weighted by molar-refractivity contribution is 6.33. The summed E-state index contributed by atoms with van der Waals surface area (Å²) in [7, 11) is 3.78. The van der Waals surface area contributed by atoms with Gasteiger partial charge >= 0.3 is 0 Å². The van der Waals surface area contributed by atoms with E-state index < -0.39 is 0 Å². The minimum absolute atomic E-state index is 0.306. The molecule has 0 aliphatic carbocycles. The Morgan fingerprint density at radius 3 is 2.62 bits per heavy atom. The maximum atomic E-state index is 12.6. The van der Waals surface area contributed by atoms with E-state index >= 15 is 0 Å². The van der Waals surface area contributed by atoms with Gasteiger partial charge in [0.15, 0.2) is 11.5 Å². The summed E-state index contributed by atoms with van der Waals surface area (Å²) in [6, 6.07) is 8.50. The Morgan fingerprint density at radius 2 is 1.88 bits per heavy atom. The summed E-state index contributed by atoms with van der Waals surface area (Å²) in [5, 5.41) is 3.74. The third-order valence-corrected chi connectivity index (χ3v) is 4.06. The Bertz CT molecular complexity index is 794. The first-order valence-electron chi connectivity index (χ1n) is 7.33. The summed E-state index contributed by atoms with van der Waals surface area (Å²) in [4.78, 5) is 14.5. The van der Waals surface area contributed by atoms with Crippen LogP contribution in [0.1, 0.15) is 10.4 Å². The lowest BCUT2D eigenvalue weighted by molar-refractivity contribution is 0.102. The number of fused-ring (bicyclic) bond motifs is 1. The molecule has 2 aromatic rings. The van der Waals surface area contributed by atoms with Crippen LogP contribution < -0.4 is 19.7 Å². The number of rotatable bonds is 3. The molecule has 2 aromatic carbocycles. The van der Waals surface area contributed by atoms with Crippen LogP contribution in [0.5, 0.6) is 11.5 Å². The van der Waals surface area contributed by atoms with Crippen LogP contribution in [0.25, 0.3) is 0 Å². The highest BCUT2D eigenvalue weighted by Gasteiger charge is 2.20. The van der Waals surface area contributed by atoms with Gasteiger partial charge in [-0.15, -0.1) is 0 Å². The third kappa shape index (κ3) is 3.37. The van der Waals surface area contributed by atoms with E-state index in [1.54, 1.807) is 24.3 Å².